The Morgan fingerprint density at radius 3 is 2.53 bits per heavy atom. The molecular formula is C13H18Cl2N2. The van der Waals surface area contributed by atoms with E-state index < -0.39 is 0 Å². The van der Waals surface area contributed by atoms with Crippen molar-refractivity contribution in [3.05, 3.63) is 33.8 Å². The monoisotopic (exact) mass is 272 g/mol. The number of benzene rings is 1. The van der Waals surface area contributed by atoms with Gasteiger partial charge in [-0.2, -0.15) is 0 Å². The number of piperidine rings is 1. The second kappa shape index (κ2) is 6.05. The highest BCUT2D eigenvalue weighted by molar-refractivity contribution is 6.35. The molecule has 1 saturated heterocycles. The molecule has 0 aliphatic carbocycles. The first-order valence-electron chi connectivity index (χ1n) is 6.05. The normalized spacial score (nSPS) is 18.5. The minimum Gasteiger partial charge on any atom is -0.330 e. The maximum atomic E-state index is 6.17. The Kier molecular flexibility index (Phi) is 4.69. The summed E-state index contributed by atoms with van der Waals surface area (Å²) in [5.74, 6) is 0.701. The average Bonchev–Trinajstić information content (AvgIpc) is 2.34. The summed E-state index contributed by atoms with van der Waals surface area (Å²) in [5.41, 5.74) is 6.84. The molecule has 0 amide bonds. The molecule has 1 aromatic carbocycles. The molecule has 1 aliphatic rings. The summed E-state index contributed by atoms with van der Waals surface area (Å²) in [4.78, 5) is 2.43. The molecule has 1 fully saturated rings. The minimum atomic E-state index is 0.695. The first-order valence-corrected chi connectivity index (χ1v) is 6.81. The van der Waals surface area contributed by atoms with Crippen LogP contribution in [0.25, 0.3) is 0 Å². The Morgan fingerprint density at radius 2 is 1.94 bits per heavy atom. The highest BCUT2D eigenvalue weighted by Crippen LogP contribution is 2.24. The molecular weight excluding hydrogens is 255 g/mol. The van der Waals surface area contributed by atoms with Gasteiger partial charge in [-0.25, -0.2) is 0 Å². The van der Waals surface area contributed by atoms with E-state index in [9.17, 15) is 0 Å². The van der Waals surface area contributed by atoms with Crippen molar-refractivity contribution in [2.24, 2.45) is 11.7 Å². The minimum absolute atomic E-state index is 0.695. The van der Waals surface area contributed by atoms with Crippen LogP contribution in [0.4, 0.5) is 0 Å². The van der Waals surface area contributed by atoms with Crippen LogP contribution in [0.5, 0.6) is 0 Å². The third kappa shape index (κ3) is 3.59. The lowest BCUT2D eigenvalue weighted by molar-refractivity contribution is 0.180. The van der Waals surface area contributed by atoms with Crippen molar-refractivity contribution in [3.63, 3.8) is 0 Å². The lowest BCUT2D eigenvalue weighted by Gasteiger charge is -2.31. The number of nitrogens with two attached hydrogens (primary N) is 1. The lowest BCUT2D eigenvalue weighted by Crippen LogP contribution is -2.35. The lowest BCUT2D eigenvalue weighted by atomic mass is 9.97. The van der Waals surface area contributed by atoms with Gasteiger partial charge in [-0.15, -0.1) is 0 Å². The maximum Gasteiger partial charge on any atom is 0.0465 e. The van der Waals surface area contributed by atoms with E-state index in [2.05, 4.69) is 4.90 Å². The van der Waals surface area contributed by atoms with Crippen molar-refractivity contribution in [3.8, 4) is 0 Å². The van der Waals surface area contributed by atoms with E-state index >= 15 is 0 Å². The van der Waals surface area contributed by atoms with Gasteiger partial charge >= 0.3 is 0 Å². The zero-order valence-electron chi connectivity index (χ0n) is 9.83. The third-order valence-electron chi connectivity index (χ3n) is 3.45. The van der Waals surface area contributed by atoms with E-state index in [-0.39, 0.29) is 0 Å². The summed E-state index contributed by atoms with van der Waals surface area (Å²) in [6.07, 6.45) is 2.39. The SMILES string of the molecule is NCC1CCN(Cc2ccc(Cl)cc2Cl)CC1. The largest absolute Gasteiger partial charge is 0.330 e. The number of hydrogen-bond donors (Lipinski definition) is 1. The first kappa shape index (κ1) is 13.2. The molecule has 1 heterocycles. The summed E-state index contributed by atoms with van der Waals surface area (Å²) in [7, 11) is 0. The molecule has 0 saturated carbocycles. The number of nitrogens with zero attached hydrogens (tertiary/aromatic N) is 1. The van der Waals surface area contributed by atoms with Gasteiger partial charge in [0.05, 0.1) is 0 Å². The van der Waals surface area contributed by atoms with Gasteiger partial charge in [0, 0.05) is 16.6 Å². The molecule has 0 atom stereocenters. The van der Waals surface area contributed by atoms with E-state index in [0.717, 1.165) is 36.8 Å². The van der Waals surface area contributed by atoms with Gasteiger partial charge in [0.15, 0.2) is 0 Å². The van der Waals surface area contributed by atoms with Gasteiger partial charge < -0.3 is 5.73 Å². The summed E-state index contributed by atoms with van der Waals surface area (Å²) >= 11 is 12.1. The predicted molar refractivity (Wildman–Crippen MR) is 73.5 cm³/mol. The Balaban J connectivity index is 1.93. The molecule has 17 heavy (non-hydrogen) atoms. The first-order chi connectivity index (χ1) is 8.19. The van der Waals surface area contributed by atoms with Crippen LogP contribution in [0.2, 0.25) is 10.0 Å². The summed E-state index contributed by atoms with van der Waals surface area (Å²) in [6.45, 7) is 3.95. The van der Waals surface area contributed by atoms with Crippen LogP contribution in [0.3, 0.4) is 0 Å². The van der Waals surface area contributed by atoms with Crippen LogP contribution < -0.4 is 5.73 Å². The average molecular weight is 273 g/mol. The molecule has 2 nitrogen and oxygen atoms in total. The number of rotatable bonds is 3. The van der Waals surface area contributed by atoms with Crippen LogP contribution in [0.15, 0.2) is 18.2 Å². The zero-order valence-corrected chi connectivity index (χ0v) is 11.3. The Morgan fingerprint density at radius 1 is 1.24 bits per heavy atom. The zero-order chi connectivity index (χ0) is 12.3. The number of halogens is 2. The highest BCUT2D eigenvalue weighted by atomic mass is 35.5. The van der Waals surface area contributed by atoms with E-state index in [1.165, 1.54) is 12.8 Å². The molecule has 2 N–H and O–H groups in total. The summed E-state index contributed by atoms with van der Waals surface area (Å²) in [6, 6.07) is 5.72. The molecule has 0 aromatic heterocycles. The molecule has 0 radical (unpaired) electrons. The van der Waals surface area contributed by atoms with E-state index in [4.69, 9.17) is 28.9 Å². The van der Waals surface area contributed by atoms with Crippen molar-refractivity contribution in [2.45, 2.75) is 19.4 Å². The fraction of sp³-hybridized carbons (Fsp3) is 0.538. The number of hydrogen-bond acceptors (Lipinski definition) is 2. The van der Waals surface area contributed by atoms with Gasteiger partial charge in [-0.05, 0) is 56.1 Å². The summed E-state index contributed by atoms with van der Waals surface area (Å²) in [5, 5.41) is 1.46. The highest BCUT2D eigenvalue weighted by Gasteiger charge is 2.18. The van der Waals surface area contributed by atoms with Crippen LogP contribution in [0.1, 0.15) is 18.4 Å². The van der Waals surface area contributed by atoms with Gasteiger partial charge in [0.2, 0.25) is 0 Å². The van der Waals surface area contributed by atoms with Crippen molar-refractivity contribution >= 4 is 23.2 Å². The van der Waals surface area contributed by atoms with Crippen molar-refractivity contribution < 1.29 is 0 Å². The smallest absolute Gasteiger partial charge is 0.0465 e. The van der Waals surface area contributed by atoms with Crippen LogP contribution >= 0.6 is 23.2 Å². The fourth-order valence-electron chi connectivity index (χ4n) is 2.27. The van der Waals surface area contributed by atoms with Gasteiger partial charge in [0.1, 0.15) is 0 Å². The molecule has 4 heteroatoms. The third-order valence-corrected chi connectivity index (χ3v) is 4.04. The van der Waals surface area contributed by atoms with E-state index in [1.807, 2.05) is 18.2 Å². The maximum absolute atomic E-state index is 6.17. The molecule has 2 rings (SSSR count). The molecule has 1 aromatic rings. The molecule has 0 unspecified atom stereocenters. The second-order valence-corrected chi connectivity index (χ2v) is 5.53. The van der Waals surface area contributed by atoms with Crippen LogP contribution in [-0.2, 0) is 6.54 Å². The fourth-order valence-corrected chi connectivity index (χ4v) is 2.74. The van der Waals surface area contributed by atoms with Crippen molar-refractivity contribution in [2.75, 3.05) is 19.6 Å². The summed E-state index contributed by atoms with van der Waals surface area (Å²) < 4.78 is 0. The van der Waals surface area contributed by atoms with E-state index in [0.29, 0.717) is 10.9 Å². The quantitative estimate of drug-likeness (QED) is 0.916. The molecule has 0 bridgehead atoms. The number of likely N-dealkylation sites (tertiary alicyclic amines) is 1. The molecule has 1 aliphatic heterocycles. The topological polar surface area (TPSA) is 29.3 Å². The van der Waals surface area contributed by atoms with Crippen molar-refractivity contribution in [1.82, 2.24) is 4.90 Å². The van der Waals surface area contributed by atoms with Gasteiger partial charge in [-0.1, -0.05) is 29.3 Å². The van der Waals surface area contributed by atoms with Crippen LogP contribution in [0, 0.1) is 5.92 Å². The Bertz CT molecular complexity index is 374. The Hall–Kier alpha value is -0.280. The van der Waals surface area contributed by atoms with Crippen LogP contribution in [-0.4, -0.2) is 24.5 Å². The second-order valence-electron chi connectivity index (χ2n) is 4.69. The Labute approximate surface area is 113 Å². The molecule has 0 spiro atoms. The van der Waals surface area contributed by atoms with Crippen molar-refractivity contribution in [1.29, 1.82) is 0 Å². The predicted octanol–water partition coefficient (Wildman–Crippen LogP) is 3.16. The standard InChI is InChI=1S/C13H18Cl2N2/c14-12-2-1-11(13(15)7-12)9-17-5-3-10(8-16)4-6-17/h1-2,7,10H,3-6,8-9,16H2. The van der Waals surface area contributed by atoms with Gasteiger partial charge in [-0.3, -0.25) is 4.90 Å². The molecule has 94 valence electrons. The van der Waals surface area contributed by atoms with Gasteiger partial charge in [0.25, 0.3) is 0 Å². The van der Waals surface area contributed by atoms with E-state index in [1.54, 1.807) is 0 Å².